The highest BCUT2D eigenvalue weighted by Crippen LogP contribution is 2.54. The van der Waals surface area contributed by atoms with Gasteiger partial charge in [-0.3, -0.25) is 0 Å². The third-order valence-corrected chi connectivity index (χ3v) is 5.85. The van der Waals surface area contributed by atoms with Crippen LogP contribution in [0.5, 0.6) is 5.75 Å². The van der Waals surface area contributed by atoms with Crippen LogP contribution in [0.25, 0.3) is 0 Å². The molecule has 1 N–H and O–H groups in total. The standard InChI is InChI=1S/C17H23NO/c1-19-13-6-5-12-10-16-14-4-2-3-7-17(14,8-9-18-16)15(12)11-13/h5-6,11,14,16,18H,2-4,7-10H2,1H3/t14-,16+,17?/m1/s1. The molecule has 1 aromatic carbocycles. The van der Waals surface area contributed by atoms with Crippen molar-refractivity contribution in [2.45, 2.75) is 50.0 Å². The molecular formula is C17H23NO. The first kappa shape index (κ1) is 11.8. The zero-order valence-corrected chi connectivity index (χ0v) is 11.7. The molecule has 1 heterocycles. The van der Waals surface area contributed by atoms with E-state index in [4.69, 9.17) is 4.74 Å². The Balaban J connectivity index is 1.88. The van der Waals surface area contributed by atoms with E-state index in [2.05, 4.69) is 23.5 Å². The third-order valence-electron chi connectivity index (χ3n) is 5.85. The second-order valence-corrected chi connectivity index (χ2v) is 6.55. The SMILES string of the molecule is COc1ccc2c(c1)C13CCCC[C@@H]1[C@H](C2)NCC3. The summed E-state index contributed by atoms with van der Waals surface area (Å²) in [7, 11) is 1.78. The molecule has 2 aliphatic carbocycles. The summed E-state index contributed by atoms with van der Waals surface area (Å²) in [6.07, 6.45) is 8.15. The van der Waals surface area contributed by atoms with Gasteiger partial charge in [0.1, 0.15) is 5.75 Å². The van der Waals surface area contributed by atoms with Gasteiger partial charge in [-0.15, -0.1) is 0 Å². The number of nitrogens with one attached hydrogen (secondary N) is 1. The molecule has 1 unspecified atom stereocenters. The van der Waals surface area contributed by atoms with Crippen molar-refractivity contribution in [3.63, 3.8) is 0 Å². The van der Waals surface area contributed by atoms with Gasteiger partial charge in [0.2, 0.25) is 0 Å². The Kier molecular flexibility index (Phi) is 2.63. The van der Waals surface area contributed by atoms with E-state index in [1.54, 1.807) is 18.2 Å². The molecule has 2 bridgehead atoms. The van der Waals surface area contributed by atoms with Gasteiger partial charge in [-0.1, -0.05) is 18.9 Å². The minimum atomic E-state index is 0.455. The maximum Gasteiger partial charge on any atom is 0.119 e. The Morgan fingerprint density at radius 3 is 3.11 bits per heavy atom. The highest BCUT2D eigenvalue weighted by Gasteiger charge is 2.51. The van der Waals surface area contributed by atoms with Crippen LogP contribution in [0.3, 0.4) is 0 Å². The number of methoxy groups -OCH3 is 1. The van der Waals surface area contributed by atoms with Crippen LogP contribution in [-0.4, -0.2) is 19.7 Å². The van der Waals surface area contributed by atoms with Crippen LogP contribution < -0.4 is 10.1 Å². The van der Waals surface area contributed by atoms with Crippen molar-refractivity contribution in [1.82, 2.24) is 5.32 Å². The van der Waals surface area contributed by atoms with E-state index in [1.807, 2.05) is 0 Å². The molecule has 1 aromatic rings. The molecule has 0 amide bonds. The van der Waals surface area contributed by atoms with E-state index >= 15 is 0 Å². The average Bonchev–Trinajstić information content (AvgIpc) is 2.47. The van der Waals surface area contributed by atoms with Crippen molar-refractivity contribution in [2.75, 3.05) is 13.7 Å². The van der Waals surface area contributed by atoms with E-state index < -0.39 is 0 Å². The first-order valence-electron chi connectivity index (χ1n) is 7.74. The lowest BCUT2D eigenvalue weighted by atomic mass is 9.53. The topological polar surface area (TPSA) is 21.3 Å². The van der Waals surface area contributed by atoms with Gasteiger partial charge in [0.25, 0.3) is 0 Å². The molecule has 0 spiro atoms. The zero-order valence-electron chi connectivity index (χ0n) is 11.7. The Hall–Kier alpha value is -1.02. The summed E-state index contributed by atoms with van der Waals surface area (Å²) in [6, 6.07) is 7.50. The quantitative estimate of drug-likeness (QED) is 0.835. The average molecular weight is 257 g/mol. The highest BCUT2D eigenvalue weighted by atomic mass is 16.5. The molecule has 2 fully saturated rings. The summed E-state index contributed by atoms with van der Waals surface area (Å²) < 4.78 is 5.48. The van der Waals surface area contributed by atoms with Crippen LogP contribution in [0, 0.1) is 5.92 Å². The van der Waals surface area contributed by atoms with Crippen molar-refractivity contribution in [3.8, 4) is 5.75 Å². The summed E-state index contributed by atoms with van der Waals surface area (Å²) in [5.41, 5.74) is 3.64. The van der Waals surface area contributed by atoms with E-state index in [1.165, 1.54) is 45.1 Å². The lowest BCUT2D eigenvalue weighted by molar-refractivity contribution is 0.0795. The van der Waals surface area contributed by atoms with Gasteiger partial charge in [-0.05, 0) is 61.4 Å². The molecule has 3 aliphatic rings. The van der Waals surface area contributed by atoms with E-state index in [9.17, 15) is 0 Å². The Bertz CT molecular complexity index is 494. The Labute approximate surface area is 115 Å². The molecule has 2 nitrogen and oxygen atoms in total. The maximum absolute atomic E-state index is 5.48. The summed E-state index contributed by atoms with van der Waals surface area (Å²) in [4.78, 5) is 0. The van der Waals surface area contributed by atoms with E-state index in [0.29, 0.717) is 5.41 Å². The second kappa shape index (κ2) is 4.24. The zero-order chi connectivity index (χ0) is 12.9. The van der Waals surface area contributed by atoms with Gasteiger partial charge < -0.3 is 10.1 Å². The summed E-state index contributed by atoms with van der Waals surface area (Å²) in [6.45, 7) is 1.19. The fraction of sp³-hybridized carbons (Fsp3) is 0.647. The molecule has 2 heteroatoms. The Morgan fingerprint density at radius 1 is 1.26 bits per heavy atom. The summed E-state index contributed by atoms with van der Waals surface area (Å²) in [5, 5.41) is 3.78. The van der Waals surface area contributed by atoms with Crippen LogP contribution in [0.2, 0.25) is 0 Å². The predicted octanol–water partition coefficient (Wildman–Crippen LogP) is 3.04. The summed E-state index contributed by atoms with van der Waals surface area (Å²) in [5.74, 6) is 1.89. The molecule has 0 aromatic heterocycles. The van der Waals surface area contributed by atoms with Crippen LogP contribution in [-0.2, 0) is 11.8 Å². The molecule has 19 heavy (non-hydrogen) atoms. The largest absolute Gasteiger partial charge is 0.497 e. The number of hydrogen-bond donors (Lipinski definition) is 1. The smallest absolute Gasteiger partial charge is 0.119 e. The van der Waals surface area contributed by atoms with Crippen molar-refractivity contribution >= 4 is 0 Å². The van der Waals surface area contributed by atoms with Crippen molar-refractivity contribution < 1.29 is 4.74 Å². The lowest BCUT2D eigenvalue weighted by Gasteiger charge is -2.56. The number of fused-ring (bicyclic) bond motifs is 1. The monoisotopic (exact) mass is 257 g/mol. The molecule has 3 atom stereocenters. The molecule has 102 valence electrons. The fourth-order valence-corrected chi connectivity index (χ4v) is 5.03. The van der Waals surface area contributed by atoms with Crippen LogP contribution >= 0.6 is 0 Å². The van der Waals surface area contributed by atoms with E-state index in [-0.39, 0.29) is 0 Å². The predicted molar refractivity (Wildman–Crippen MR) is 76.7 cm³/mol. The molecule has 0 radical (unpaired) electrons. The van der Waals surface area contributed by atoms with Gasteiger partial charge >= 0.3 is 0 Å². The minimum absolute atomic E-state index is 0.455. The molecule has 1 saturated carbocycles. The Morgan fingerprint density at radius 2 is 2.21 bits per heavy atom. The fourth-order valence-electron chi connectivity index (χ4n) is 5.03. The van der Waals surface area contributed by atoms with Crippen LogP contribution in [0.15, 0.2) is 18.2 Å². The molecule has 1 aliphatic heterocycles. The molecule has 4 rings (SSSR count). The molecular weight excluding hydrogens is 234 g/mol. The van der Waals surface area contributed by atoms with Crippen molar-refractivity contribution in [2.24, 2.45) is 5.92 Å². The summed E-state index contributed by atoms with van der Waals surface area (Å²) >= 11 is 0. The van der Waals surface area contributed by atoms with Crippen LogP contribution in [0.4, 0.5) is 0 Å². The number of rotatable bonds is 1. The van der Waals surface area contributed by atoms with Gasteiger partial charge in [0.15, 0.2) is 0 Å². The van der Waals surface area contributed by atoms with Gasteiger partial charge in [-0.2, -0.15) is 0 Å². The minimum Gasteiger partial charge on any atom is -0.497 e. The second-order valence-electron chi connectivity index (χ2n) is 6.55. The number of benzene rings is 1. The first-order valence-corrected chi connectivity index (χ1v) is 7.74. The number of hydrogen-bond acceptors (Lipinski definition) is 2. The molecule has 1 saturated heterocycles. The lowest BCUT2D eigenvalue weighted by Crippen LogP contribution is -2.59. The normalized spacial score (nSPS) is 36.3. The van der Waals surface area contributed by atoms with Crippen LogP contribution in [0.1, 0.15) is 43.2 Å². The third kappa shape index (κ3) is 1.59. The van der Waals surface area contributed by atoms with Crippen molar-refractivity contribution in [3.05, 3.63) is 29.3 Å². The van der Waals surface area contributed by atoms with Crippen molar-refractivity contribution in [1.29, 1.82) is 0 Å². The van der Waals surface area contributed by atoms with Gasteiger partial charge in [0.05, 0.1) is 7.11 Å². The van der Waals surface area contributed by atoms with Gasteiger partial charge in [-0.25, -0.2) is 0 Å². The highest BCUT2D eigenvalue weighted by molar-refractivity contribution is 5.45. The van der Waals surface area contributed by atoms with E-state index in [0.717, 1.165) is 17.7 Å². The number of ether oxygens (including phenoxy) is 1. The first-order chi connectivity index (χ1) is 9.33. The van der Waals surface area contributed by atoms with Gasteiger partial charge in [0, 0.05) is 11.5 Å². The number of piperidine rings is 1. The maximum atomic E-state index is 5.48.